The molecule has 0 spiro atoms. The van der Waals surface area contributed by atoms with Crippen LogP contribution < -0.4 is 20.1 Å². The number of pyridine rings is 1. The maximum atomic E-state index is 12.9. The van der Waals surface area contributed by atoms with Crippen LogP contribution in [0.2, 0.25) is 0 Å². The average Bonchev–Trinajstić information content (AvgIpc) is 3.45. The zero-order chi connectivity index (χ0) is 24.3. The van der Waals surface area contributed by atoms with Gasteiger partial charge in [-0.1, -0.05) is 6.07 Å². The third kappa shape index (κ3) is 4.52. The third-order valence-electron chi connectivity index (χ3n) is 4.79. The number of ether oxygens (including phenoxy) is 1. The zero-order valence-electron chi connectivity index (χ0n) is 17.7. The SMILES string of the molecule is COc1c(/C=C/C(=O)NCc2ccco2)c(NS(=O)(=O)c2ccccn2)cc2c1NC(=O)C2=O. The predicted molar refractivity (Wildman–Crippen MR) is 121 cm³/mol. The number of ketones is 1. The number of nitrogens with one attached hydrogen (secondary N) is 3. The van der Waals surface area contributed by atoms with Crippen LogP contribution >= 0.6 is 0 Å². The standard InChI is InChI=1S/C22H18N4O7S/c1-32-21-14(7-8-17(27)24-12-13-5-4-10-33-13)16(11-15-19(21)25-22(29)20(15)28)26-34(30,31)18-6-2-3-9-23-18/h2-11,26H,12H2,1H3,(H,24,27)(H,25,28,29)/b8-7+. The highest BCUT2D eigenvalue weighted by atomic mass is 32.2. The van der Waals surface area contributed by atoms with Gasteiger partial charge in [0.15, 0.2) is 10.8 Å². The number of anilines is 2. The Morgan fingerprint density at radius 3 is 2.74 bits per heavy atom. The van der Waals surface area contributed by atoms with Gasteiger partial charge in [0.05, 0.1) is 36.9 Å². The molecule has 0 atom stereocenters. The van der Waals surface area contributed by atoms with Crippen molar-refractivity contribution in [1.82, 2.24) is 10.3 Å². The number of sulfonamides is 1. The number of fused-ring (bicyclic) bond motifs is 1. The van der Waals surface area contributed by atoms with Crippen LogP contribution in [0.3, 0.4) is 0 Å². The van der Waals surface area contributed by atoms with Gasteiger partial charge in [0.1, 0.15) is 5.76 Å². The number of hydrogen-bond donors (Lipinski definition) is 3. The first-order valence-electron chi connectivity index (χ1n) is 9.83. The van der Waals surface area contributed by atoms with E-state index in [-0.39, 0.29) is 39.8 Å². The molecule has 1 aliphatic heterocycles. The number of methoxy groups -OCH3 is 1. The first-order chi connectivity index (χ1) is 16.3. The minimum Gasteiger partial charge on any atom is -0.494 e. The van der Waals surface area contributed by atoms with Crippen molar-refractivity contribution in [2.24, 2.45) is 0 Å². The lowest BCUT2D eigenvalue weighted by Gasteiger charge is -2.16. The van der Waals surface area contributed by atoms with Gasteiger partial charge < -0.3 is 19.8 Å². The number of aromatic nitrogens is 1. The molecule has 174 valence electrons. The largest absolute Gasteiger partial charge is 0.494 e. The Hall–Kier alpha value is -4.45. The van der Waals surface area contributed by atoms with E-state index in [1.807, 2.05) is 0 Å². The molecule has 4 rings (SSSR count). The van der Waals surface area contributed by atoms with Crippen molar-refractivity contribution in [3.8, 4) is 5.75 Å². The van der Waals surface area contributed by atoms with Crippen molar-refractivity contribution in [3.05, 3.63) is 71.8 Å². The third-order valence-corrected chi connectivity index (χ3v) is 6.07. The van der Waals surface area contributed by atoms with E-state index >= 15 is 0 Å². The molecule has 12 heteroatoms. The molecule has 0 aliphatic carbocycles. The van der Waals surface area contributed by atoms with E-state index in [4.69, 9.17) is 9.15 Å². The van der Waals surface area contributed by atoms with Gasteiger partial charge in [-0.15, -0.1) is 0 Å². The topological polar surface area (TPSA) is 157 Å². The second kappa shape index (κ2) is 9.19. The molecule has 0 bridgehead atoms. The molecule has 0 saturated heterocycles. The van der Waals surface area contributed by atoms with Crippen molar-refractivity contribution in [2.45, 2.75) is 11.6 Å². The Balaban J connectivity index is 1.73. The average molecular weight is 482 g/mol. The van der Waals surface area contributed by atoms with Crippen LogP contribution in [0.1, 0.15) is 21.7 Å². The lowest BCUT2D eigenvalue weighted by Crippen LogP contribution is -2.20. The quantitative estimate of drug-likeness (QED) is 0.325. The number of hydrogen-bond acceptors (Lipinski definition) is 8. The van der Waals surface area contributed by atoms with Crippen molar-refractivity contribution >= 4 is 45.1 Å². The number of amides is 2. The highest BCUT2D eigenvalue weighted by molar-refractivity contribution is 7.92. The molecule has 1 aromatic carbocycles. The number of carbonyl (C=O) groups is 3. The van der Waals surface area contributed by atoms with E-state index in [0.29, 0.717) is 5.76 Å². The zero-order valence-corrected chi connectivity index (χ0v) is 18.5. The van der Waals surface area contributed by atoms with Gasteiger partial charge in [0.25, 0.3) is 21.7 Å². The first-order valence-corrected chi connectivity index (χ1v) is 11.3. The van der Waals surface area contributed by atoms with E-state index < -0.39 is 27.6 Å². The van der Waals surface area contributed by atoms with Gasteiger partial charge in [0, 0.05) is 17.8 Å². The molecule has 0 unspecified atom stereocenters. The molecule has 2 aromatic heterocycles. The highest BCUT2D eigenvalue weighted by Gasteiger charge is 2.34. The molecule has 0 saturated carbocycles. The highest BCUT2D eigenvalue weighted by Crippen LogP contribution is 2.42. The van der Waals surface area contributed by atoms with E-state index in [0.717, 1.165) is 6.08 Å². The van der Waals surface area contributed by atoms with E-state index in [9.17, 15) is 22.8 Å². The number of Topliss-reactive ketones (excluding diaryl/α,β-unsaturated/α-hetero) is 1. The lowest BCUT2D eigenvalue weighted by molar-refractivity contribution is -0.116. The molecule has 11 nitrogen and oxygen atoms in total. The Kier molecular flexibility index (Phi) is 6.15. The number of rotatable bonds is 8. The smallest absolute Gasteiger partial charge is 0.296 e. The Morgan fingerprint density at radius 1 is 1.24 bits per heavy atom. The second-order valence-corrected chi connectivity index (χ2v) is 8.61. The maximum absolute atomic E-state index is 12.9. The maximum Gasteiger partial charge on any atom is 0.296 e. The molecule has 1 aliphatic rings. The van der Waals surface area contributed by atoms with Crippen LogP contribution in [0, 0.1) is 0 Å². The van der Waals surface area contributed by atoms with Crippen molar-refractivity contribution in [2.75, 3.05) is 17.1 Å². The predicted octanol–water partition coefficient (Wildman–Crippen LogP) is 1.95. The van der Waals surface area contributed by atoms with Gasteiger partial charge in [-0.25, -0.2) is 4.98 Å². The van der Waals surface area contributed by atoms with Gasteiger partial charge in [-0.2, -0.15) is 8.42 Å². The molecular formula is C22H18N4O7S. The fourth-order valence-corrected chi connectivity index (χ4v) is 4.26. The summed E-state index contributed by atoms with van der Waals surface area (Å²) in [4.78, 5) is 40.4. The summed E-state index contributed by atoms with van der Waals surface area (Å²) in [6, 6.07) is 8.93. The minimum atomic E-state index is -4.17. The summed E-state index contributed by atoms with van der Waals surface area (Å²) in [6.45, 7) is 0.140. The molecule has 3 heterocycles. The number of furan rings is 1. The van der Waals surface area contributed by atoms with Crippen LogP contribution in [-0.2, 0) is 26.2 Å². The van der Waals surface area contributed by atoms with Gasteiger partial charge >= 0.3 is 0 Å². The molecule has 2 amide bonds. The monoisotopic (exact) mass is 482 g/mol. The Morgan fingerprint density at radius 2 is 2.06 bits per heavy atom. The summed E-state index contributed by atoms with van der Waals surface area (Å²) in [6.07, 6.45) is 5.25. The van der Waals surface area contributed by atoms with Crippen LogP contribution in [0.5, 0.6) is 5.75 Å². The number of benzene rings is 1. The van der Waals surface area contributed by atoms with Crippen molar-refractivity contribution in [3.63, 3.8) is 0 Å². The summed E-state index contributed by atoms with van der Waals surface area (Å²) in [5, 5.41) is 4.77. The first kappa shape index (κ1) is 22.7. The second-order valence-electron chi connectivity index (χ2n) is 6.98. The molecular weight excluding hydrogens is 464 g/mol. The summed E-state index contributed by atoms with van der Waals surface area (Å²) >= 11 is 0. The lowest BCUT2D eigenvalue weighted by atomic mass is 10.0. The van der Waals surface area contributed by atoms with E-state index in [1.54, 1.807) is 18.2 Å². The minimum absolute atomic E-state index is 0.00510. The molecule has 0 radical (unpaired) electrons. The van der Waals surface area contributed by atoms with Crippen LogP contribution in [0.25, 0.3) is 6.08 Å². The summed E-state index contributed by atoms with van der Waals surface area (Å²) in [7, 11) is -2.88. The molecule has 3 aromatic rings. The molecule has 3 N–H and O–H groups in total. The van der Waals surface area contributed by atoms with Gasteiger partial charge in [-0.05, 0) is 36.4 Å². The normalized spacial score (nSPS) is 13.0. The summed E-state index contributed by atoms with van der Waals surface area (Å²) < 4.78 is 38.7. The fraction of sp³-hybridized carbons (Fsp3) is 0.0909. The Bertz CT molecular complexity index is 1400. The van der Waals surface area contributed by atoms with Crippen LogP contribution in [0.15, 0.2) is 64.4 Å². The number of carbonyl (C=O) groups excluding carboxylic acids is 3. The molecule has 0 fully saturated rings. The van der Waals surface area contributed by atoms with E-state index in [2.05, 4.69) is 20.3 Å². The van der Waals surface area contributed by atoms with Gasteiger partial charge in [-0.3, -0.25) is 19.1 Å². The summed E-state index contributed by atoms with van der Waals surface area (Å²) in [5.41, 5.74) is 0.0408. The van der Waals surface area contributed by atoms with Crippen molar-refractivity contribution in [1.29, 1.82) is 0 Å². The van der Waals surface area contributed by atoms with Crippen LogP contribution in [0.4, 0.5) is 11.4 Å². The van der Waals surface area contributed by atoms with Crippen molar-refractivity contribution < 1.29 is 32.0 Å². The number of nitrogens with zero attached hydrogens (tertiary/aromatic N) is 1. The van der Waals surface area contributed by atoms with Gasteiger partial charge in [0.2, 0.25) is 5.91 Å². The van der Waals surface area contributed by atoms with Crippen LogP contribution in [-0.4, -0.2) is 38.1 Å². The summed E-state index contributed by atoms with van der Waals surface area (Å²) in [5.74, 6) is -1.69. The Labute approximate surface area is 193 Å². The molecule has 34 heavy (non-hydrogen) atoms. The fourth-order valence-electron chi connectivity index (χ4n) is 3.24. The van der Waals surface area contributed by atoms with E-state index in [1.165, 1.54) is 43.8 Å².